The van der Waals surface area contributed by atoms with Crippen LogP contribution in [-0.2, 0) is 4.79 Å². The van der Waals surface area contributed by atoms with Gasteiger partial charge in [0.05, 0.1) is 6.20 Å². The first-order chi connectivity index (χ1) is 7.91. The van der Waals surface area contributed by atoms with Gasteiger partial charge in [-0.1, -0.05) is 19.0 Å². The quantitative estimate of drug-likeness (QED) is 0.807. The van der Waals surface area contributed by atoms with E-state index in [2.05, 4.69) is 10.5 Å². The molecule has 1 atom stereocenters. The normalized spacial score (nSPS) is 12.5. The Bertz CT molecular complexity index is 411. The van der Waals surface area contributed by atoms with Crippen molar-refractivity contribution >= 4 is 11.9 Å². The van der Waals surface area contributed by atoms with Crippen LogP contribution in [0.15, 0.2) is 10.7 Å². The van der Waals surface area contributed by atoms with Gasteiger partial charge in [0.1, 0.15) is 6.04 Å². The number of aliphatic carboxylic acids is 1. The predicted molar refractivity (Wildman–Crippen MR) is 59.6 cm³/mol. The summed E-state index contributed by atoms with van der Waals surface area (Å²) in [5.74, 6) is -1.37. The highest BCUT2D eigenvalue weighted by atomic mass is 16.5. The van der Waals surface area contributed by atoms with E-state index < -0.39 is 17.9 Å². The summed E-state index contributed by atoms with van der Waals surface area (Å²) in [4.78, 5) is 22.7. The Labute approximate surface area is 99.0 Å². The van der Waals surface area contributed by atoms with Gasteiger partial charge in [-0.05, 0) is 19.3 Å². The van der Waals surface area contributed by atoms with Gasteiger partial charge in [-0.15, -0.1) is 0 Å². The minimum absolute atomic E-state index is 0.0556. The Morgan fingerprint density at radius 3 is 2.59 bits per heavy atom. The van der Waals surface area contributed by atoms with E-state index in [4.69, 9.17) is 9.63 Å². The molecule has 0 spiro atoms. The van der Waals surface area contributed by atoms with Crippen LogP contribution in [0.4, 0.5) is 0 Å². The molecule has 0 saturated carbocycles. The highest BCUT2D eigenvalue weighted by molar-refractivity contribution is 5.95. The van der Waals surface area contributed by atoms with Crippen molar-refractivity contribution in [3.8, 4) is 0 Å². The Hall–Kier alpha value is -1.85. The molecule has 0 fully saturated rings. The van der Waals surface area contributed by atoms with Crippen molar-refractivity contribution in [2.24, 2.45) is 5.92 Å². The summed E-state index contributed by atoms with van der Waals surface area (Å²) >= 11 is 0. The van der Waals surface area contributed by atoms with Crippen LogP contribution >= 0.6 is 0 Å². The Morgan fingerprint density at radius 1 is 1.53 bits per heavy atom. The molecule has 2 N–H and O–H groups in total. The van der Waals surface area contributed by atoms with Gasteiger partial charge in [0.15, 0.2) is 0 Å². The first-order valence-corrected chi connectivity index (χ1v) is 5.36. The minimum Gasteiger partial charge on any atom is -0.480 e. The molecule has 17 heavy (non-hydrogen) atoms. The van der Waals surface area contributed by atoms with Crippen LogP contribution in [0.5, 0.6) is 0 Å². The number of nitrogens with one attached hydrogen (secondary N) is 1. The van der Waals surface area contributed by atoms with Crippen molar-refractivity contribution < 1.29 is 19.2 Å². The highest BCUT2D eigenvalue weighted by Gasteiger charge is 2.24. The maximum atomic E-state index is 11.7. The molecule has 0 bridgehead atoms. The standard InChI is InChI=1S/C11H16N2O4/c1-6(2)4-8(11(15)16)13-10(14)9-7(3)5-12-17-9/h5-6,8H,4H2,1-3H3,(H,13,14)(H,15,16)/t8-/m1/s1. The molecule has 94 valence electrons. The smallest absolute Gasteiger partial charge is 0.326 e. The molecular weight excluding hydrogens is 224 g/mol. The van der Waals surface area contributed by atoms with Gasteiger partial charge >= 0.3 is 5.97 Å². The fourth-order valence-corrected chi connectivity index (χ4v) is 1.43. The van der Waals surface area contributed by atoms with Crippen LogP contribution in [0, 0.1) is 12.8 Å². The average Bonchev–Trinajstić information content (AvgIpc) is 2.62. The van der Waals surface area contributed by atoms with Crippen molar-refractivity contribution in [2.75, 3.05) is 0 Å². The number of rotatable bonds is 5. The molecule has 0 radical (unpaired) electrons. The summed E-state index contributed by atoms with van der Waals surface area (Å²) in [5, 5.41) is 14.9. The summed E-state index contributed by atoms with van der Waals surface area (Å²) < 4.78 is 4.76. The van der Waals surface area contributed by atoms with Crippen LogP contribution in [-0.4, -0.2) is 28.2 Å². The van der Waals surface area contributed by atoms with Crippen LogP contribution in [0.1, 0.15) is 36.4 Å². The topological polar surface area (TPSA) is 92.4 Å². The van der Waals surface area contributed by atoms with E-state index >= 15 is 0 Å². The van der Waals surface area contributed by atoms with Gasteiger partial charge in [-0.25, -0.2) is 4.79 Å². The summed E-state index contributed by atoms with van der Waals surface area (Å²) in [7, 11) is 0. The Balaban J connectivity index is 2.71. The summed E-state index contributed by atoms with van der Waals surface area (Å²) in [6.45, 7) is 5.45. The SMILES string of the molecule is Cc1cnoc1C(=O)N[C@H](CC(C)C)C(=O)O. The first kappa shape index (κ1) is 13.2. The van der Waals surface area contributed by atoms with Gasteiger partial charge in [0.2, 0.25) is 5.76 Å². The molecule has 0 saturated heterocycles. The number of carboxylic acids is 1. The Kier molecular flexibility index (Phi) is 4.25. The molecule has 1 amide bonds. The maximum absolute atomic E-state index is 11.7. The molecule has 1 rings (SSSR count). The fourth-order valence-electron chi connectivity index (χ4n) is 1.43. The van der Waals surface area contributed by atoms with E-state index in [1.54, 1.807) is 6.92 Å². The molecule has 0 unspecified atom stereocenters. The number of carbonyl (C=O) groups excluding carboxylic acids is 1. The van der Waals surface area contributed by atoms with Crippen LogP contribution in [0.2, 0.25) is 0 Å². The lowest BCUT2D eigenvalue weighted by molar-refractivity contribution is -0.139. The van der Waals surface area contributed by atoms with Crippen LogP contribution < -0.4 is 5.32 Å². The van der Waals surface area contributed by atoms with E-state index in [1.807, 2.05) is 13.8 Å². The predicted octanol–water partition coefficient (Wildman–Crippen LogP) is 1.21. The molecule has 0 aromatic carbocycles. The molecule has 0 aliphatic heterocycles. The number of carboxylic acid groups (broad SMARTS) is 1. The van der Waals surface area contributed by atoms with E-state index in [0.29, 0.717) is 12.0 Å². The zero-order valence-corrected chi connectivity index (χ0v) is 10.1. The van der Waals surface area contributed by atoms with Crippen molar-refractivity contribution in [1.82, 2.24) is 10.5 Å². The second-order valence-electron chi connectivity index (χ2n) is 4.33. The van der Waals surface area contributed by atoms with E-state index in [1.165, 1.54) is 6.20 Å². The maximum Gasteiger partial charge on any atom is 0.326 e. The summed E-state index contributed by atoms with van der Waals surface area (Å²) in [6.07, 6.45) is 1.78. The lowest BCUT2D eigenvalue weighted by atomic mass is 10.0. The van der Waals surface area contributed by atoms with Crippen molar-refractivity contribution in [3.63, 3.8) is 0 Å². The van der Waals surface area contributed by atoms with Crippen molar-refractivity contribution in [3.05, 3.63) is 17.5 Å². The second-order valence-corrected chi connectivity index (χ2v) is 4.33. The largest absolute Gasteiger partial charge is 0.480 e. The van der Waals surface area contributed by atoms with Gasteiger partial charge < -0.3 is 14.9 Å². The number of nitrogens with zero attached hydrogens (tertiary/aromatic N) is 1. The number of aryl methyl sites for hydroxylation is 1. The summed E-state index contributed by atoms with van der Waals surface area (Å²) in [5.41, 5.74) is 0.580. The third kappa shape index (κ3) is 3.58. The van der Waals surface area contributed by atoms with E-state index in [0.717, 1.165) is 0 Å². The third-order valence-corrected chi connectivity index (χ3v) is 2.27. The number of amides is 1. The molecular formula is C11H16N2O4. The number of aromatic nitrogens is 1. The molecule has 1 heterocycles. The molecule has 0 aliphatic carbocycles. The zero-order valence-electron chi connectivity index (χ0n) is 10.1. The minimum atomic E-state index is -1.05. The zero-order chi connectivity index (χ0) is 13.0. The number of carbonyl (C=O) groups is 2. The summed E-state index contributed by atoms with van der Waals surface area (Å²) in [6, 6.07) is -0.910. The third-order valence-electron chi connectivity index (χ3n) is 2.27. The number of hydrogen-bond donors (Lipinski definition) is 2. The molecule has 6 nitrogen and oxygen atoms in total. The molecule has 1 aromatic heterocycles. The number of hydrogen-bond acceptors (Lipinski definition) is 4. The highest BCUT2D eigenvalue weighted by Crippen LogP contribution is 2.09. The van der Waals surface area contributed by atoms with Gasteiger partial charge in [0, 0.05) is 5.56 Å². The van der Waals surface area contributed by atoms with Gasteiger partial charge in [0.25, 0.3) is 5.91 Å². The monoisotopic (exact) mass is 240 g/mol. The molecule has 6 heteroatoms. The lowest BCUT2D eigenvalue weighted by Crippen LogP contribution is -2.41. The second kappa shape index (κ2) is 5.47. The van der Waals surface area contributed by atoms with Crippen LogP contribution in [0.25, 0.3) is 0 Å². The van der Waals surface area contributed by atoms with E-state index in [9.17, 15) is 9.59 Å². The first-order valence-electron chi connectivity index (χ1n) is 5.36. The van der Waals surface area contributed by atoms with Crippen molar-refractivity contribution in [2.45, 2.75) is 33.2 Å². The fraction of sp³-hybridized carbons (Fsp3) is 0.545. The average molecular weight is 240 g/mol. The Morgan fingerprint density at radius 2 is 2.18 bits per heavy atom. The van der Waals surface area contributed by atoms with Gasteiger partial charge in [-0.2, -0.15) is 0 Å². The van der Waals surface area contributed by atoms with Crippen LogP contribution in [0.3, 0.4) is 0 Å². The molecule has 1 aromatic rings. The lowest BCUT2D eigenvalue weighted by Gasteiger charge is -2.15. The molecule has 0 aliphatic rings. The van der Waals surface area contributed by atoms with E-state index in [-0.39, 0.29) is 11.7 Å². The van der Waals surface area contributed by atoms with Gasteiger partial charge in [-0.3, -0.25) is 4.79 Å². The van der Waals surface area contributed by atoms with Crippen molar-refractivity contribution in [1.29, 1.82) is 0 Å².